The van der Waals surface area contributed by atoms with Gasteiger partial charge in [0.1, 0.15) is 12.6 Å². The summed E-state index contributed by atoms with van der Waals surface area (Å²) in [5, 5.41) is 10.0. The van der Waals surface area contributed by atoms with Gasteiger partial charge in [0.05, 0.1) is 25.9 Å². The molecule has 1 aromatic heterocycles. The van der Waals surface area contributed by atoms with Crippen LogP contribution in [0.5, 0.6) is 5.88 Å². The Labute approximate surface area is 160 Å². The number of primary amides is 1. The number of phosphoric ester groups is 1. The lowest BCUT2D eigenvalue weighted by atomic mass is 10.1. The van der Waals surface area contributed by atoms with Gasteiger partial charge in [-0.05, 0) is 24.0 Å². The van der Waals surface area contributed by atoms with Crippen LogP contribution in [0.1, 0.15) is 40.7 Å². The first kappa shape index (κ1) is 19.1. The highest BCUT2D eigenvalue weighted by Crippen LogP contribution is 2.53. The molecule has 28 heavy (non-hydrogen) atoms. The second-order valence-electron chi connectivity index (χ2n) is 6.54. The number of nitrogens with two attached hydrogens (primary N) is 1. The fourth-order valence-electron chi connectivity index (χ4n) is 3.18. The Morgan fingerprint density at radius 2 is 1.96 bits per heavy atom. The Hall–Kier alpha value is -2.23. The van der Waals surface area contributed by atoms with E-state index in [0.717, 1.165) is 11.1 Å². The van der Waals surface area contributed by atoms with Crippen molar-refractivity contribution in [3.63, 3.8) is 0 Å². The van der Waals surface area contributed by atoms with Gasteiger partial charge >= 0.3 is 7.82 Å². The fraction of sp³-hybridized carbons (Fsp3) is 0.412. The number of imidazole rings is 1. The standard InChI is InChI=1S/C17H20N3O7P/c18-16(21)15-17(22)20(10-19-15)14-6-5-13(27-14)9-26-28(23)24-7-11-3-1-2-4-12(11)8-25-28/h1-4,10,13-14,22H,5-9H2,(H2,18,21)/t13-,14+/m0/s1. The van der Waals surface area contributed by atoms with E-state index in [4.69, 9.17) is 24.0 Å². The normalized spacial score (nSPS) is 23.9. The van der Waals surface area contributed by atoms with E-state index in [0.29, 0.717) is 12.8 Å². The topological polar surface area (TPSA) is 135 Å². The third-order valence-electron chi connectivity index (χ3n) is 4.69. The molecule has 4 rings (SSSR count). The van der Waals surface area contributed by atoms with Crippen LogP contribution in [-0.4, -0.2) is 33.3 Å². The van der Waals surface area contributed by atoms with Crippen LogP contribution in [-0.2, 0) is 36.1 Å². The van der Waals surface area contributed by atoms with Crippen LogP contribution in [0.25, 0.3) is 0 Å². The summed E-state index contributed by atoms with van der Waals surface area (Å²) >= 11 is 0. The molecule has 1 amide bonds. The monoisotopic (exact) mass is 409 g/mol. The molecule has 11 heteroatoms. The molecule has 1 aromatic carbocycles. The van der Waals surface area contributed by atoms with Crippen molar-refractivity contribution >= 4 is 13.7 Å². The van der Waals surface area contributed by atoms with Crippen LogP contribution in [0.2, 0.25) is 0 Å². The summed E-state index contributed by atoms with van der Waals surface area (Å²) in [6.45, 7) is 0.281. The molecule has 1 fully saturated rings. The van der Waals surface area contributed by atoms with Crippen LogP contribution in [0.15, 0.2) is 30.6 Å². The smallest absolute Gasteiger partial charge is 0.475 e. The molecule has 0 saturated carbocycles. The van der Waals surface area contributed by atoms with E-state index in [-0.39, 0.29) is 37.5 Å². The summed E-state index contributed by atoms with van der Waals surface area (Å²) in [6.07, 6.45) is 1.52. The summed E-state index contributed by atoms with van der Waals surface area (Å²) in [4.78, 5) is 15.0. The number of aromatic hydroxyl groups is 1. The first-order valence-electron chi connectivity index (χ1n) is 8.77. The van der Waals surface area contributed by atoms with Crippen LogP contribution in [0, 0.1) is 0 Å². The summed E-state index contributed by atoms with van der Waals surface area (Å²) < 4.78 is 36.1. The van der Waals surface area contributed by atoms with Crippen molar-refractivity contribution in [2.45, 2.75) is 38.4 Å². The summed E-state index contributed by atoms with van der Waals surface area (Å²) in [6, 6.07) is 7.52. The second-order valence-corrected chi connectivity index (χ2v) is 8.21. The van der Waals surface area contributed by atoms with Gasteiger partial charge in [-0.1, -0.05) is 24.3 Å². The number of benzene rings is 1. The highest BCUT2D eigenvalue weighted by atomic mass is 31.2. The zero-order chi connectivity index (χ0) is 19.7. The lowest BCUT2D eigenvalue weighted by Crippen LogP contribution is -2.17. The van der Waals surface area contributed by atoms with Crippen LogP contribution < -0.4 is 5.73 Å². The number of phosphoric acid groups is 1. The third-order valence-corrected chi connectivity index (χ3v) is 6.05. The molecule has 0 radical (unpaired) electrons. The number of fused-ring (bicyclic) bond motifs is 1. The minimum atomic E-state index is -3.71. The van der Waals surface area contributed by atoms with Crippen molar-refractivity contribution in [3.05, 3.63) is 47.4 Å². The average Bonchev–Trinajstić information content (AvgIpc) is 3.26. The van der Waals surface area contributed by atoms with E-state index in [1.807, 2.05) is 24.3 Å². The largest absolute Gasteiger partial charge is 0.493 e. The number of carbonyl (C=O) groups is 1. The zero-order valence-corrected chi connectivity index (χ0v) is 15.8. The number of hydrogen-bond donors (Lipinski definition) is 2. The first-order chi connectivity index (χ1) is 13.5. The molecular weight excluding hydrogens is 389 g/mol. The Bertz CT molecular complexity index is 900. The van der Waals surface area contributed by atoms with Gasteiger partial charge in [0.25, 0.3) is 5.91 Å². The molecule has 0 bridgehead atoms. The molecule has 0 unspecified atom stereocenters. The molecule has 2 aliphatic heterocycles. The molecule has 10 nitrogen and oxygen atoms in total. The molecule has 3 heterocycles. The van der Waals surface area contributed by atoms with Gasteiger partial charge < -0.3 is 15.6 Å². The van der Waals surface area contributed by atoms with Crippen molar-refractivity contribution in [1.29, 1.82) is 0 Å². The molecular formula is C17H20N3O7P. The summed E-state index contributed by atoms with van der Waals surface area (Å²) in [7, 11) is -3.71. The quantitative estimate of drug-likeness (QED) is 0.718. The highest BCUT2D eigenvalue weighted by molar-refractivity contribution is 7.48. The molecule has 1 saturated heterocycles. The second kappa shape index (κ2) is 7.65. The Kier molecular flexibility index (Phi) is 5.22. The Balaban J connectivity index is 1.34. The van der Waals surface area contributed by atoms with Crippen LogP contribution in [0.3, 0.4) is 0 Å². The number of nitrogens with zero attached hydrogens (tertiary/aromatic N) is 2. The first-order valence-corrected chi connectivity index (χ1v) is 10.2. The number of rotatable bonds is 5. The van der Waals surface area contributed by atoms with Crippen molar-refractivity contribution < 1.29 is 32.8 Å². The predicted molar refractivity (Wildman–Crippen MR) is 95.1 cm³/mol. The van der Waals surface area contributed by atoms with E-state index >= 15 is 0 Å². The Morgan fingerprint density at radius 3 is 2.57 bits per heavy atom. The average molecular weight is 409 g/mol. The van der Waals surface area contributed by atoms with Gasteiger partial charge in [-0.15, -0.1) is 0 Å². The molecule has 0 aliphatic carbocycles. The molecule has 3 N–H and O–H groups in total. The number of amides is 1. The van der Waals surface area contributed by atoms with Crippen molar-refractivity contribution in [1.82, 2.24) is 9.55 Å². The number of aromatic nitrogens is 2. The maximum atomic E-state index is 12.7. The van der Waals surface area contributed by atoms with Gasteiger partial charge in [-0.2, -0.15) is 0 Å². The molecule has 0 spiro atoms. The highest BCUT2D eigenvalue weighted by Gasteiger charge is 2.35. The van der Waals surface area contributed by atoms with Crippen LogP contribution in [0.4, 0.5) is 0 Å². The predicted octanol–water partition coefficient (Wildman–Crippen LogP) is 2.24. The Morgan fingerprint density at radius 1 is 1.29 bits per heavy atom. The van der Waals surface area contributed by atoms with Gasteiger partial charge in [0.2, 0.25) is 5.88 Å². The number of hydrogen-bond acceptors (Lipinski definition) is 8. The van der Waals surface area contributed by atoms with Crippen molar-refractivity contribution in [2.75, 3.05) is 6.61 Å². The SMILES string of the molecule is NC(=O)c1ncn([C@H]2CC[C@@H](COP3(=O)OCc4ccccc4CO3)O2)c1O. The van der Waals surface area contributed by atoms with Gasteiger partial charge in [0.15, 0.2) is 5.69 Å². The van der Waals surface area contributed by atoms with E-state index in [9.17, 15) is 14.5 Å². The minimum absolute atomic E-state index is 0.00224. The van der Waals surface area contributed by atoms with Gasteiger partial charge in [-0.25, -0.2) is 9.55 Å². The van der Waals surface area contributed by atoms with Crippen molar-refractivity contribution in [2.24, 2.45) is 5.73 Å². The van der Waals surface area contributed by atoms with E-state index in [1.165, 1.54) is 10.9 Å². The molecule has 2 aliphatic rings. The minimum Gasteiger partial charge on any atom is -0.493 e. The zero-order valence-electron chi connectivity index (χ0n) is 14.9. The van der Waals surface area contributed by atoms with Gasteiger partial charge in [0, 0.05) is 0 Å². The maximum Gasteiger partial charge on any atom is 0.475 e. The van der Waals surface area contributed by atoms with Crippen LogP contribution >= 0.6 is 7.82 Å². The third kappa shape index (κ3) is 3.82. The molecule has 2 aromatic rings. The van der Waals surface area contributed by atoms with Gasteiger partial charge in [-0.3, -0.25) is 22.9 Å². The van der Waals surface area contributed by atoms with Crippen molar-refractivity contribution in [3.8, 4) is 5.88 Å². The molecule has 2 atom stereocenters. The maximum absolute atomic E-state index is 12.7. The summed E-state index contributed by atoms with van der Waals surface area (Å²) in [5.74, 6) is -1.17. The lowest BCUT2D eigenvalue weighted by molar-refractivity contribution is -0.0286. The fourth-order valence-corrected chi connectivity index (χ4v) is 4.34. The molecule has 150 valence electrons. The number of ether oxygens (including phenoxy) is 1. The van der Waals surface area contributed by atoms with E-state index < -0.39 is 20.0 Å². The number of carbonyl (C=O) groups excluding carboxylic acids is 1. The lowest BCUT2D eigenvalue weighted by Gasteiger charge is -2.19. The van der Waals surface area contributed by atoms with E-state index in [2.05, 4.69) is 4.98 Å². The summed E-state index contributed by atoms with van der Waals surface area (Å²) in [5.41, 5.74) is 6.74. The van der Waals surface area contributed by atoms with E-state index in [1.54, 1.807) is 0 Å².